The fourth-order valence-corrected chi connectivity index (χ4v) is 3.84. The number of fused-ring (bicyclic) bond motifs is 1. The summed E-state index contributed by atoms with van der Waals surface area (Å²) in [6, 6.07) is 15.3. The Labute approximate surface area is 151 Å². The van der Waals surface area contributed by atoms with Gasteiger partial charge >= 0.3 is 5.97 Å². The zero-order valence-electron chi connectivity index (χ0n) is 14.3. The Hall–Kier alpha value is -2.95. The Morgan fingerprint density at radius 2 is 1.54 bits per heavy atom. The van der Waals surface area contributed by atoms with Crippen LogP contribution in [0.1, 0.15) is 36.0 Å². The highest BCUT2D eigenvalue weighted by Gasteiger charge is 2.48. The van der Waals surface area contributed by atoms with Gasteiger partial charge in [0.15, 0.2) is 0 Å². The van der Waals surface area contributed by atoms with Crippen molar-refractivity contribution in [3.63, 3.8) is 0 Å². The second-order valence-electron chi connectivity index (χ2n) is 6.76. The van der Waals surface area contributed by atoms with Crippen LogP contribution in [0.5, 0.6) is 5.75 Å². The Morgan fingerprint density at radius 1 is 0.885 bits per heavy atom. The van der Waals surface area contributed by atoms with Gasteiger partial charge in [-0.25, -0.2) is 4.79 Å². The standard InChI is InChI=1S/C21H19NO4/c23-19-17-11-4-5-12-18(17)20(24)22(19)15-8-6-7-14(13-15)21(25)26-16-9-2-1-3-10-16/h1-3,6-10,13,17-18H,4-5,11-12H2/t17-,18+. The van der Waals surface area contributed by atoms with Crippen molar-refractivity contribution >= 4 is 23.5 Å². The quantitative estimate of drug-likeness (QED) is 0.483. The normalized spacial score (nSPS) is 22.2. The minimum atomic E-state index is -0.519. The van der Waals surface area contributed by atoms with Gasteiger partial charge in [-0.1, -0.05) is 37.1 Å². The highest BCUT2D eigenvalue weighted by atomic mass is 16.5. The fraction of sp³-hybridized carbons (Fsp3) is 0.286. The molecule has 2 aliphatic rings. The van der Waals surface area contributed by atoms with E-state index in [9.17, 15) is 14.4 Å². The molecule has 2 aromatic carbocycles. The van der Waals surface area contributed by atoms with Crippen LogP contribution in [-0.4, -0.2) is 17.8 Å². The summed E-state index contributed by atoms with van der Waals surface area (Å²) in [4.78, 5) is 39.1. The third-order valence-electron chi connectivity index (χ3n) is 5.13. The molecule has 132 valence electrons. The van der Waals surface area contributed by atoms with Crippen LogP contribution in [0.2, 0.25) is 0 Å². The first kappa shape index (κ1) is 16.5. The minimum Gasteiger partial charge on any atom is -0.423 e. The maximum Gasteiger partial charge on any atom is 0.343 e. The largest absolute Gasteiger partial charge is 0.423 e. The summed E-state index contributed by atoms with van der Waals surface area (Å²) in [7, 11) is 0. The Kier molecular flexibility index (Phi) is 4.29. The fourth-order valence-electron chi connectivity index (χ4n) is 3.84. The van der Waals surface area contributed by atoms with Gasteiger partial charge in [0.2, 0.25) is 11.8 Å². The number of benzene rings is 2. The van der Waals surface area contributed by atoms with Crippen LogP contribution in [-0.2, 0) is 9.59 Å². The molecule has 2 fully saturated rings. The number of esters is 1. The predicted octanol–water partition coefficient (Wildman–Crippen LogP) is 3.59. The molecule has 1 aliphatic carbocycles. The van der Waals surface area contributed by atoms with Gasteiger partial charge in [0.25, 0.3) is 0 Å². The van der Waals surface area contributed by atoms with Gasteiger partial charge in [-0.2, -0.15) is 0 Å². The number of para-hydroxylation sites is 1. The smallest absolute Gasteiger partial charge is 0.343 e. The second-order valence-corrected chi connectivity index (χ2v) is 6.76. The number of nitrogens with zero attached hydrogens (tertiary/aromatic N) is 1. The number of imide groups is 1. The van der Waals surface area contributed by atoms with Crippen molar-refractivity contribution < 1.29 is 19.1 Å². The molecular weight excluding hydrogens is 330 g/mol. The predicted molar refractivity (Wildman–Crippen MR) is 95.8 cm³/mol. The number of hydrogen-bond donors (Lipinski definition) is 0. The van der Waals surface area contributed by atoms with E-state index < -0.39 is 5.97 Å². The molecule has 0 unspecified atom stereocenters. The average Bonchev–Trinajstić information content (AvgIpc) is 2.94. The molecule has 0 spiro atoms. The van der Waals surface area contributed by atoms with Gasteiger partial charge in [-0.05, 0) is 43.2 Å². The van der Waals surface area contributed by atoms with Crippen molar-refractivity contribution in [2.45, 2.75) is 25.7 Å². The van der Waals surface area contributed by atoms with E-state index >= 15 is 0 Å². The Balaban J connectivity index is 1.58. The van der Waals surface area contributed by atoms with E-state index in [1.54, 1.807) is 48.5 Å². The first-order valence-electron chi connectivity index (χ1n) is 8.90. The topological polar surface area (TPSA) is 63.7 Å². The lowest BCUT2D eigenvalue weighted by Gasteiger charge is -2.19. The zero-order chi connectivity index (χ0) is 18.1. The van der Waals surface area contributed by atoms with Crippen molar-refractivity contribution in [2.75, 3.05) is 4.90 Å². The van der Waals surface area contributed by atoms with E-state index in [0.29, 0.717) is 17.0 Å². The van der Waals surface area contributed by atoms with Crippen LogP contribution >= 0.6 is 0 Å². The molecule has 5 heteroatoms. The first-order valence-corrected chi connectivity index (χ1v) is 8.90. The van der Waals surface area contributed by atoms with E-state index in [1.807, 2.05) is 6.07 Å². The van der Waals surface area contributed by atoms with Crippen molar-refractivity contribution in [3.05, 3.63) is 60.2 Å². The molecule has 26 heavy (non-hydrogen) atoms. The number of ether oxygens (including phenoxy) is 1. The van der Waals surface area contributed by atoms with Crippen LogP contribution in [0.25, 0.3) is 0 Å². The van der Waals surface area contributed by atoms with Gasteiger partial charge in [-0.15, -0.1) is 0 Å². The van der Waals surface area contributed by atoms with Crippen LogP contribution in [0, 0.1) is 11.8 Å². The average molecular weight is 349 g/mol. The third kappa shape index (κ3) is 2.90. The molecule has 0 radical (unpaired) electrons. The molecule has 1 saturated heterocycles. The van der Waals surface area contributed by atoms with Crippen molar-refractivity contribution in [1.82, 2.24) is 0 Å². The molecule has 0 aromatic heterocycles. The second kappa shape index (κ2) is 6.75. The highest BCUT2D eigenvalue weighted by molar-refractivity contribution is 6.22. The van der Waals surface area contributed by atoms with Gasteiger partial charge in [0, 0.05) is 0 Å². The molecule has 4 rings (SSSR count). The molecule has 1 heterocycles. The first-order chi connectivity index (χ1) is 12.6. The van der Waals surface area contributed by atoms with E-state index in [-0.39, 0.29) is 23.7 Å². The summed E-state index contributed by atoms with van der Waals surface area (Å²) in [6.07, 6.45) is 3.50. The monoisotopic (exact) mass is 349 g/mol. The van der Waals surface area contributed by atoms with Crippen LogP contribution < -0.4 is 9.64 Å². The number of amides is 2. The lowest BCUT2D eigenvalue weighted by atomic mass is 9.81. The third-order valence-corrected chi connectivity index (χ3v) is 5.13. The van der Waals surface area contributed by atoms with E-state index in [4.69, 9.17) is 4.74 Å². The Bertz CT molecular complexity index is 837. The number of carbonyl (C=O) groups is 3. The van der Waals surface area contributed by atoms with Crippen molar-refractivity contribution in [1.29, 1.82) is 0 Å². The molecule has 2 amide bonds. The van der Waals surface area contributed by atoms with Gasteiger partial charge in [0.1, 0.15) is 5.75 Å². The number of carbonyl (C=O) groups excluding carboxylic acids is 3. The summed E-state index contributed by atoms with van der Waals surface area (Å²) < 4.78 is 5.34. The SMILES string of the molecule is O=C(Oc1ccccc1)c1cccc(N2C(=O)[C@H]3CCCC[C@H]3C2=O)c1. The van der Waals surface area contributed by atoms with Gasteiger partial charge in [-0.3, -0.25) is 14.5 Å². The highest BCUT2D eigenvalue weighted by Crippen LogP contribution is 2.40. The number of hydrogen-bond acceptors (Lipinski definition) is 4. The van der Waals surface area contributed by atoms with Crippen LogP contribution in [0.4, 0.5) is 5.69 Å². The van der Waals surface area contributed by atoms with E-state index in [2.05, 4.69) is 0 Å². The lowest BCUT2D eigenvalue weighted by Crippen LogP contribution is -2.31. The lowest BCUT2D eigenvalue weighted by molar-refractivity contribution is -0.122. The molecule has 1 saturated carbocycles. The molecular formula is C21H19NO4. The van der Waals surface area contributed by atoms with Gasteiger partial charge in [0.05, 0.1) is 23.1 Å². The maximum absolute atomic E-state index is 12.7. The minimum absolute atomic E-state index is 0.145. The summed E-state index contributed by atoms with van der Waals surface area (Å²) >= 11 is 0. The number of anilines is 1. The maximum atomic E-state index is 12.7. The molecule has 0 N–H and O–H groups in total. The van der Waals surface area contributed by atoms with Crippen molar-refractivity contribution in [3.8, 4) is 5.75 Å². The van der Waals surface area contributed by atoms with E-state index in [0.717, 1.165) is 25.7 Å². The van der Waals surface area contributed by atoms with Crippen LogP contribution in [0.15, 0.2) is 54.6 Å². The summed E-state index contributed by atoms with van der Waals surface area (Å²) in [5.74, 6) is -0.786. The molecule has 5 nitrogen and oxygen atoms in total. The van der Waals surface area contributed by atoms with Crippen molar-refractivity contribution in [2.24, 2.45) is 11.8 Å². The summed E-state index contributed by atoms with van der Waals surface area (Å²) in [5, 5.41) is 0. The summed E-state index contributed by atoms with van der Waals surface area (Å²) in [5.41, 5.74) is 0.749. The number of rotatable bonds is 3. The van der Waals surface area contributed by atoms with E-state index in [1.165, 1.54) is 4.90 Å². The molecule has 0 bridgehead atoms. The van der Waals surface area contributed by atoms with Gasteiger partial charge < -0.3 is 4.74 Å². The zero-order valence-corrected chi connectivity index (χ0v) is 14.3. The Morgan fingerprint density at radius 3 is 2.19 bits per heavy atom. The molecule has 2 aromatic rings. The summed E-state index contributed by atoms with van der Waals surface area (Å²) in [6.45, 7) is 0. The molecule has 1 aliphatic heterocycles. The van der Waals surface area contributed by atoms with Crippen LogP contribution in [0.3, 0.4) is 0 Å². The molecule has 2 atom stereocenters.